The number of anilines is 1. The number of allylic oxidation sites excluding steroid dienone is 1. The van der Waals surface area contributed by atoms with Crippen LogP contribution in [0, 0.1) is 0 Å². The average molecular weight is 341 g/mol. The lowest BCUT2D eigenvalue weighted by Crippen LogP contribution is -2.42. The van der Waals surface area contributed by atoms with Crippen molar-refractivity contribution in [3.05, 3.63) is 58.6 Å². The van der Waals surface area contributed by atoms with Gasteiger partial charge in [0, 0.05) is 35.6 Å². The number of hydrogen-bond acceptors (Lipinski definition) is 3. The van der Waals surface area contributed by atoms with E-state index in [4.69, 9.17) is 11.6 Å². The Labute approximate surface area is 147 Å². The largest absolute Gasteiger partial charge is 0.506 e. The zero-order chi connectivity index (χ0) is 17.5. The van der Waals surface area contributed by atoms with Crippen LogP contribution in [-0.2, 0) is 0 Å². The number of phenols is 1. The van der Waals surface area contributed by atoms with Crippen LogP contribution in [0.15, 0.2) is 47.5 Å². The smallest absolute Gasteiger partial charge is 0.142 e. The molecule has 1 aliphatic heterocycles. The minimum absolute atomic E-state index is 0.00177. The normalized spacial score (nSPS) is 16.2. The van der Waals surface area contributed by atoms with E-state index in [2.05, 4.69) is 55.9 Å². The Hall–Kier alpha value is -2.26. The fourth-order valence-electron chi connectivity index (χ4n) is 3.01. The summed E-state index contributed by atoms with van der Waals surface area (Å²) in [7, 11) is 2.11. The van der Waals surface area contributed by atoms with Gasteiger partial charge in [-0.3, -0.25) is 4.99 Å². The summed E-state index contributed by atoms with van der Waals surface area (Å²) in [6.45, 7) is 6.55. The molecule has 1 aliphatic rings. The molecule has 2 aromatic rings. The minimum Gasteiger partial charge on any atom is -0.506 e. The van der Waals surface area contributed by atoms with Crippen molar-refractivity contribution in [2.24, 2.45) is 4.99 Å². The standard InChI is InChI=1S/C20H21ClN2O/c1-13-11-20(2,3)23(4)18-8-5-14(9-16(13)18)12-22-17-7-6-15(21)10-19(17)24/h5-12,24H,1-4H3. The summed E-state index contributed by atoms with van der Waals surface area (Å²) < 4.78 is 0. The molecule has 3 nitrogen and oxygen atoms in total. The van der Waals surface area contributed by atoms with Gasteiger partial charge >= 0.3 is 0 Å². The summed E-state index contributed by atoms with van der Waals surface area (Å²) in [5, 5.41) is 10.4. The first-order valence-corrected chi connectivity index (χ1v) is 8.26. The summed E-state index contributed by atoms with van der Waals surface area (Å²) in [4.78, 5) is 6.65. The third kappa shape index (κ3) is 3.04. The number of fused-ring (bicyclic) bond motifs is 1. The molecular weight excluding hydrogens is 320 g/mol. The summed E-state index contributed by atoms with van der Waals surface area (Å²) in [5.41, 5.74) is 5.18. The van der Waals surface area contributed by atoms with Crippen LogP contribution in [0.1, 0.15) is 31.9 Å². The van der Waals surface area contributed by atoms with Crippen LogP contribution in [0.3, 0.4) is 0 Å². The lowest BCUT2D eigenvalue weighted by molar-refractivity contribution is 0.477. The molecule has 1 N–H and O–H groups in total. The number of halogens is 1. The van der Waals surface area contributed by atoms with Crippen LogP contribution in [0.25, 0.3) is 5.57 Å². The fraction of sp³-hybridized carbons (Fsp3) is 0.250. The molecule has 0 spiro atoms. The molecule has 0 aliphatic carbocycles. The van der Waals surface area contributed by atoms with Crippen LogP contribution in [0.2, 0.25) is 5.02 Å². The van der Waals surface area contributed by atoms with Gasteiger partial charge in [0.25, 0.3) is 0 Å². The molecule has 0 amide bonds. The molecule has 0 atom stereocenters. The maximum absolute atomic E-state index is 9.88. The highest BCUT2D eigenvalue weighted by molar-refractivity contribution is 6.30. The number of rotatable bonds is 2. The molecule has 0 saturated carbocycles. The number of nitrogens with zero attached hydrogens (tertiary/aromatic N) is 2. The second kappa shape index (κ2) is 5.99. The van der Waals surface area contributed by atoms with Crippen molar-refractivity contribution in [1.29, 1.82) is 0 Å². The van der Waals surface area contributed by atoms with E-state index in [0.29, 0.717) is 10.7 Å². The molecular formula is C20H21ClN2O. The van der Waals surface area contributed by atoms with E-state index in [1.54, 1.807) is 18.3 Å². The number of benzene rings is 2. The van der Waals surface area contributed by atoms with E-state index >= 15 is 0 Å². The van der Waals surface area contributed by atoms with Crippen molar-refractivity contribution >= 4 is 34.8 Å². The Bertz CT molecular complexity index is 853. The van der Waals surface area contributed by atoms with Gasteiger partial charge in [-0.25, -0.2) is 0 Å². The Morgan fingerprint density at radius 3 is 2.62 bits per heavy atom. The quantitative estimate of drug-likeness (QED) is 0.740. The topological polar surface area (TPSA) is 35.8 Å². The van der Waals surface area contributed by atoms with Gasteiger partial charge in [0.05, 0.1) is 5.54 Å². The van der Waals surface area contributed by atoms with Crippen molar-refractivity contribution in [2.75, 3.05) is 11.9 Å². The molecule has 0 bridgehead atoms. The highest BCUT2D eigenvalue weighted by Crippen LogP contribution is 2.38. The maximum atomic E-state index is 9.88. The van der Waals surface area contributed by atoms with Gasteiger partial charge in [0.2, 0.25) is 0 Å². The SMILES string of the molecule is CC1=CC(C)(C)N(C)c2ccc(C=Nc3ccc(Cl)cc3O)cc21. The van der Waals surface area contributed by atoms with E-state index in [9.17, 15) is 5.11 Å². The van der Waals surface area contributed by atoms with E-state index in [-0.39, 0.29) is 11.3 Å². The van der Waals surface area contributed by atoms with Gasteiger partial charge in [0.15, 0.2) is 0 Å². The van der Waals surface area contributed by atoms with Crippen LogP contribution < -0.4 is 4.90 Å². The first-order valence-electron chi connectivity index (χ1n) is 7.88. The summed E-state index contributed by atoms with van der Waals surface area (Å²) in [5.74, 6) is 0.0780. The van der Waals surface area contributed by atoms with E-state index in [1.165, 1.54) is 22.9 Å². The van der Waals surface area contributed by atoms with Crippen LogP contribution >= 0.6 is 11.6 Å². The zero-order valence-corrected chi connectivity index (χ0v) is 15.1. The Balaban J connectivity index is 1.95. The van der Waals surface area contributed by atoms with E-state index in [1.807, 2.05) is 6.07 Å². The number of hydrogen-bond donors (Lipinski definition) is 1. The van der Waals surface area contributed by atoms with Crippen molar-refractivity contribution in [2.45, 2.75) is 26.3 Å². The molecule has 0 fully saturated rings. The van der Waals surface area contributed by atoms with Gasteiger partial charge < -0.3 is 10.0 Å². The molecule has 1 heterocycles. The molecule has 24 heavy (non-hydrogen) atoms. The molecule has 0 saturated heterocycles. The molecule has 0 unspecified atom stereocenters. The number of likely N-dealkylation sites (N-methyl/N-ethyl adjacent to an activating group) is 1. The van der Waals surface area contributed by atoms with Gasteiger partial charge in [-0.05, 0) is 56.2 Å². The predicted octanol–water partition coefficient (Wildman–Crippen LogP) is 5.43. The van der Waals surface area contributed by atoms with Crippen molar-refractivity contribution in [3.63, 3.8) is 0 Å². The second-order valence-corrected chi connectivity index (χ2v) is 7.14. The maximum Gasteiger partial charge on any atom is 0.142 e. The third-order valence-electron chi connectivity index (χ3n) is 4.53. The first kappa shape index (κ1) is 16.6. The van der Waals surface area contributed by atoms with Gasteiger partial charge in [-0.1, -0.05) is 23.7 Å². The Morgan fingerprint density at radius 1 is 1.17 bits per heavy atom. The summed E-state index contributed by atoms with van der Waals surface area (Å²) >= 11 is 5.84. The van der Waals surface area contributed by atoms with Gasteiger partial charge in [0.1, 0.15) is 11.4 Å². The molecule has 0 aromatic heterocycles. The molecule has 0 radical (unpaired) electrons. The van der Waals surface area contributed by atoms with Crippen molar-refractivity contribution in [3.8, 4) is 5.75 Å². The van der Waals surface area contributed by atoms with Gasteiger partial charge in [-0.2, -0.15) is 0 Å². The van der Waals surface area contributed by atoms with Crippen molar-refractivity contribution < 1.29 is 5.11 Å². The first-order chi connectivity index (χ1) is 11.3. The summed E-state index contributed by atoms with van der Waals surface area (Å²) in [6, 6.07) is 11.2. The number of aliphatic imine (C=N–C) groups is 1. The second-order valence-electron chi connectivity index (χ2n) is 6.71. The zero-order valence-electron chi connectivity index (χ0n) is 14.3. The molecule has 2 aromatic carbocycles. The van der Waals surface area contributed by atoms with E-state index in [0.717, 1.165) is 5.56 Å². The fourth-order valence-corrected chi connectivity index (χ4v) is 3.17. The van der Waals surface area contributed by atoms with E-state index < -0.39 is 0 Å². The average Bonchev–Trinajstić information content (AvgIpc) is 2.51. The molecule has 124 valence electrons. The summed E-state index contributed by atoms with van der Waals surface area (Å²) in [6.07, 6.45) is 4.04. The monoisotopic (exact) mass is 340 g/mol. The van der Waals surface area contributed by atoms with Crippen molar-refractivity contribution in [1.82, 2.24) is 0 Å². The molecule has 3 rings (SSSR count). The Kier molecular flexibility index (Phi) is 4.14. The lowest BCUT2D eigenvalue weighted by Gasteiger charge is -2.40. The van der Waals surface area contributed by atoms with Crippen LogP contribution in [0.5, 0.6) is 5.75 Å². The number of phenolic OH excluding ortho intramolecular Hbond substituents is 1. The molecule has 4 heteroatoms. The highest BCUT2D eigenvalue weighted by atomic mass is 35.5. The van der Waals surface area contributed by atoms with Crippen LogP contribution in [0.4, 0.5) is 11.4 Å². The number of aromatic hydroxyl groups is 1. The Morgan fingerprint density at radius 2 is 1.92 bits per heavy atom. The minimum atomic E-state index is 0.00177. The van der Waals surface area contributed by atoms with Crippen LogP contribution in [-0.4, -0.2) is 23.9 Å². The lowest BCUT2D eigenvalue weighted by atomic mass is 9.89. The van der Waals surface area contributed by atoms with Gasteiger partial charge in [-0.15, -0.1) is 0 Å². The highest BCUT2D eigenvalue weighted by Gasteiger charge is 2.28. The predicted molar refractivity (Wildman–Crippen MR) is 103 cm³/mol. The third-order valence-corrected chi connectivity index (χ3v) is 4.77.